The van der Waals surface area contributed by atoms with Gasteiger partial charge >= 0.3 is 5.97 Å². The van der Waals surface area contributed by atoms with E-state index in [2.05, 4.69) is 5.32 Å². The molecule has 3 rings (SSSR count). The largest absolute Gasteiger partial charge is 0.493 e. The van der Waals surface area contributed by atoms with E-state index >= 15 is 0 Å². The molecule has 112 valence electrons. The molecule has 3 unspecified atom stereocenters. The highest BCUT2D eigenvalue weighted by Crippen LogP contribution is 2.40. The predicted molar refractivity (Wildman–Crippen MR) is 71.2 cm³/mol. The Kier molecular flexibility index (Phi) is 3.53. The molecular formula is C15H16FNO4. The van der Waals surface area contributed by atoms with Crippen molar-refractivity contribution in [1.29, 1.82) is 0 Å². The molecule has 5 nitrogen and oxygen atoms in total. The van der Waals surface area contributed by atoms with E-state index in [0.29, 0.717) is 25.2 Å². The fourth-order valence-corrected chi connectivity index (χ4v) is 2.73. The quantitative estimate of drug-likeness (QED) is 0.892. The van der Waals surface area contributed by atoms with Gasteiger partial charge in [0.25, 0.3) is 0 Å². The van der Waals surface area contributed by atoms with E-state index in [4.69, 9.17) is 9.84 Å². The molecule has 0 aromatic heterocycles. The molecule has 6 heteroatoms. The molecule has 3 atom stereocenters. The van der Waals surface area contributed by atoms with Crippen molar-refractivity contribution >= 4 is 11.9 Å². The lowest BCUT2D eigenvalue weighted by molar-refractivity contribution is -0.140. The third-order valence-electron chi connectivity index (χ3n) is 4.01. The molecule has 2 aliphatic rings. The zero-order valence-electron chi connectivity index (χ0n) is 11.3. The molecule has 21 heavy (non-hydrogen) atoms. The first-order valence-electron chi connectivity index (χ1n) is 7.01. The second-order valence-electron chi connectivity index (χ2n) is 5.52. The second kappa shape index (κ2) is 5.35. The molecule has 2 N–H and O–H groups in total. The van der Waals surface area contributed by atoms with Crippen LogP contribution in [-0.4, -0.2) is 23.6 Å². The van der Waals surface area contributed by atoms with E-state index in [1.54, 1.807) is 6.07 Å². The van der Waals surface area contributed by atoms with Crippen LogP contribution in [0.15, 0.2) is 18.2 Å². The van der Waals surface area contributed by atoms with Gasteiger partial charge in [-0.2, -0.15) is 0 Å². The molecule has 1 fully saturated rings. The number of ether oxygens (including phenoxy) is 1. The van der Waals surface area contributed by atoms with Gasteiger partial charge in [-0.3, -0.25) is 9.59 Å². The topological polar surface area (TPSA) is 75.6 Å². The van der Waals surface area contributed by atoms with Gasteiger partial charge in [0.15, 0.2) is 0 Å². The molecular weight excluding hydrogens is 277 g/mol. The Morgan fingerprint density at radius 1 is 1.33 bits per heavy atom. The number of fused-ring (bicyclic) bond motifs is 1. The zero-order chi connectivity index (χ0) is 15.0. The maximum absolute atomic E-state index is 13.3. The van der Waals surface area contributed by atoms with Crippen molar-refractivity contribution in [2.24, 2.45) is 11.8 Å². The monoisotopic (exact) mass is 293 g/mol. The second-order valence-corrected chi connectivity index (χ2v) is 5.52. The molecule has 0 saturated heterocycles. The summed E-state index contributed by atoms with van der Waals surface area (Å²) >= 11 is 0. The predicted octanol–water partition coefficient (Wildman–Crippen LogP) is 1.88. The van der Waals surface area contributed by atoms with Crippen LogP contribution in [-0.2, 0) is 9.59 Å². The van der Waals surface area contributed by atoms with Crippen LogP contribution in [0.1, 0.15) is 30.9 Å². The molecule has 0 radical (unpaired) electrons. The normalized spacial score (nSPS) is 27.0. The summed E-state index contributed by atoms with van der Waals surface area (Å²) in [6.07, 6.45) is 1.82. The van der Waals surface area contributed by atoms with Crippen LogP contribution in [0.3, 0.4) is 0 Å². The summed E-state index contributed by atoms with van der Waals surface area (Å²) in [6, 6.07) is 4.01. The van der Waals surface area contributed by atoms with E-state index in [9.17, 15) is 14.0 Å². The Balaban J connectivity index is 1.74. The van der Waals surface area contributed by atoms with Gasteiger partial charge in [-0.15, -0.1) is 0 Å². The number of hydrogen-bond acceptors (Lipinski definition) is 3. The van der Waals surface area contributed by atoms with Crippen molar-refractivity contribution in [3.05, 3.63) is 29.6 Å². The van der Waals surface area contributed by atoms with Crippen molar-refractivity contribution in [2.45, 2.75) is 25.3 Å². The maximum atomic E-state index is 13.3. The van der Waals surface area contributed by atoms with Crippen molar-refractivity contribution in [2.75, 3.05) is 6.61 Å². The van der Waals surface area contributed by atoms with Crippen LogP contribution in [0.25, 0.3) is 0 Å². The maximum Gasteiger partial charge on any atom is 0.307 e. The minimum atomic E-state index is -0.929. The first kappa shape index (κ1) is 13.9. The van der Waals surface area contributed by atoms with Crippen LogP contribution in [0, 0.1) is 17.7 Å². The summed E-state index contributed by atoms with van der Waals surface area (Å²) in [6.45, 7) is 0.476. The molecule has 1 aliphatic carbocycles. The van der Waals surface area contributed by atoms with Gasteiger partial charge in [-0.25, -0.2) is 4.39 Å². The average Bonchev–Trinajstić information content (AvgIpc) is 3.23. The molecule has 1 saturated carbocycles. The lowest BCUT2D eigenvalue weighted by atomic mass is 10.0. The number of benzene rings is 1. The van der Waals surface area contributed by atoms with Crippen LogP contribution >= 0.6 is 0 Å². The van der Waals surface area contributed by atoms with Crippen LogP contribution in [0.2, 0.25) is 0 Å². The number of amides is 1. The highest BCUT2D eigenvalue weighted by molar-refractivity contribution is 5.89. The van der Waals surface area contributed by atoms with E-state index in [-0.39, 0.29) is 17.8 Å². The average molecular weight is 293 g/mol. The van der Waals surface area contributed by atoms with Crippen molar-refractivity contribution in [3.8, 4) is 5.75 Å². The smallest absolute Gasteiger partial charge is 0.307 e. The third-order valence-corrected chi connectivity index (χ3v) is 4.01. The number of carbonyl (C=O) groups excluding carboxylic acids is 1. The number of carboxylic acids is 1. The first-order chi connectivity index (χ1) is 10.1. The van der Waals surface area contributed by atoms with Crippen LogP contribution < -0.4 is 10.1 Å². The molecule has 1 aromatic rings. The lowest BCUT2D eigenvalue weighted by Crippen LogP contribution is -2.30. The van der Waals surface area contributed by atoms with Crippen LogP contribution in [0.5, 0.6) is 5.75 Å². The fourth-order valence-electron chi connectivity index (χ4n) is 2.73. The summed E-state index contributed by atoms with van der Waals surface area (Å²) in [5, 5.41) is 11.7. The summed E-state index contributed by atoms with van der Waals surface area (Å²) in [7, 11) is 0. The lowest BCUT2D eigenvalue weighted by Gasteiger charge is -2.18. The Morgan fingerprint density at radius 2 is 2.14 bits per heavy atom. The number of carboxylic acid groups (broad SMARTS) is 1. The Bertz CT molecular complexity index is 589. The molecule has 1 amide bonds. The highest BCUT2D eigenvalue weighted by atomic mass is 19.1. The molecule has 0 spiro atoms. The summed E-state index contributed by atoms with van der Waals surface area (Å²) in [5.74, 6) is -2.13. The van der Waals surface area contributed by atoms with Crippen molar-refractivity contribution in [3.63, 3.8) is 0 Å². The number of halogens is 1. The van der Waals surface area contributed by atoms with Gasteiger partial charge in [-0.05, 0) is 25.3 Å². The summed E-state index contributed by atoms with van der Waals surface area (Å²) in [4.78, 5) is 22.9. The minimum Gasteiger partial charge on any atom is -0.493 e. The van der Waals surface area contributed by atoms with Crippen molar-refractivity contribution < 1.29 is 23.8 Å². The van der Waals surface area contributed by atoms with Crippen LogP contribution in [0.4, 0.5) is 4.39 Å². The SMILES string of the molecule is O=C(O)C1CC1C(=O)NC1CCCOc2cc(F)ccc21. The Hall–Kier alpha value is -2.11. The number of aliphatic carboxylic acids is 1. The van der Waals surface area contributed by atoms with E-state index in [1.807, 2.05) is 0 Å². The third kappa shape index (κ3) is 2.84. The summed E-state index contributed by atoms with van der Waals surface area (Å²) < 4.78 is 18.8. The van der Waals surface area contributed by atoms with Gasteiger partial charge in [-0.1, -0.05) is 6.07 Å². The standard InChI is InChI=1S/C15H16FNO4/c16-8-3-4-9-12(2-1-5-21-13(9)6-8)17-14(18)10-7-11(10)15(19)20/h3-4,6,10-12H,1-2,5,7H2,(H,17,18)(H,19,20). The van der Waals surface area contributed by atoms with Gasteiger partial charge in [0.2, 0.25) is 5.91 Å². The van der Waals surface area contributed by atoms with E-state index in [1.165, 1.54) is 12.1 Å². The highest BCUT2D eigenvalue weighted by Gasteiger charge is 2.48. The van der Waals surface area contributed by atoms with Gasteiger partial charge in [0, 0.05) is 11.6 Å². The van der Waals surface area contributed by atoms with E-state index in [0.717, 1.165) is 12.0 Å². The molecule has 0 bridgehead atoms. The van der Waals surface area contributed by atoms with Gasteiger partial charge in [0.1, 0.15) is 11.6 Å². The van der Waals surface area contributed by atoms with Gasteiger partial charge in [0.05, 0.1) is 24.5 Å². The number of rotatable bonds is 3. The molecule has 1 aliphatic heterocycles. The minimum absolute atomic E-state index is 0.246. The zero-order valence-corrected chi connectivity index (χ0v) is 11.3. The number of carbonyl (C=O) groups is 2. The first-order valence-corrected chi connectivity index (χ1v) is 7.01. The number of nitrogens with one attached hydrogen (secondary N) is 1. The fraction of sp³-hybridized carbons (Fsp3) is 0.467. The van der Waals surface area contributed by atoms with Gasteiger partial charge < -0.3 is 15.2 Å². The summed E-state index contributed by atoms with van der Waals surface area (Å²) in [5.41, 5.74) is 0.745. The van der Waals surface area contributed by atoms with E-state index < -0.39 is 17.8 Å². The van der Waals surface area contributed by atoms with Crippen molar-refractivity contribution in [1.82, 2.24) is 5.32 Å². The molecule has 1 aromatic carbocycles. The Morgan fingerprint density at radius 3 is 2.86 bits per heavy atom. The number of hydrogen-bond donors (Lipinski definition) is 2. The molecule has 1 heterocycles. The Labute approximate surface area is 121 Å².